The molecule has 0 bridgehead atoms. The first kappa shape index (κ1) is 16.8. The zero-order valence-corrected chi connectivity index (χ0v) is 14.4. The lowest BCUT2D eigenvalue weighted by atomic mass is 9.85. The minimum Gasteiger partial charge on any atom is -0.308 e. The predicted molar refractivity (Wildman–Crippen MR) is 92.0 cm³/mol. The quantitative estimate of drug-likeness (QED) is 0.823. The lowest BCUT2D eigenvalue weighted by molar-refractivity contribution is 0.0608. The van der Waals surface area contributed by atoms with Gasteiger partial charge in [0, 0.05) is 10.6 Å². The van der Waals surface area contributed by atoms with E-state index in [4.69, 9.17) is 11.6 Å². The summed E-state index contributed by atoms with van der Waals surface area (Å²) in [5, 5.41) is 4.57. The Labute approximate surface area is 134 Å². The lowest BCUT2D eigenvalue weighted by Gasteiger charge is -2.46. The molecule has 1 aromatic carbocycles. The maximum absolute atomic E-state index is 6.05. The van der Waals surface area contributed by atoms with Gasteiger partial charge in [-0.3, -0.25) is 4.90 Å². The Morgan fingerprint density at radius 2 is 1.76 bits per heavy atom. The molecule has 1 fully saturated rings. The summed E-state index contributed by atoms with van der Waals surface area (Å²) in [5.41, 5.74) is 1.45. The number of likely N-dealkylation sites (tertiary alicyclic amines) is 1. The van der Waals surface area contributed by atoms with Crippen LogP contribution in [-0.2, 0) is 0 Å². The smallest absolute Gasteiger partial charge is 0.0501 e. The average molecular weight is 309 g/mol. The van der Waals surface area contributed by atoms with Crippen LogP contribution in [0.1, 0.15) is 58.1 Å². The van der Waals surface area contributed by atoms with Crippen LogP contribution in [0.4, 0.5) is 0 Å². The van der Waals surface area contributed by atoms with Gasteiger partial charge in [0.1, 0.15) is 0 Å². The topological polar surface area (TPSA) is 15.3 Å². The zero-order chi connectivity index (χ0) is 15.3. The van der Waals surface area contributed by atoms with Gasteiger partial charge in [-0.05, 0) is 70.4 Å². The Hall–Kier alpha value is -0.570. The van der Waals surface area contributed by atoms with Crippen LogP contribution >= 0.6 is 11.6 Å². The van der Waals surface area contributed by atoms with Crippen LogP contribution in [0.15, 0.2) is 24.3 Å². The van der Waals surface area contributed by atoms with E-state index in [9.17, 15) is 0 Å². The van der Waals surface area contributed by atoms with Crippen molar-refractivity contribution in [2.45, 2.75) is 58.0 Å². The summed E-state index contributed by atoms with van der Waals surface area (Å²) in [7, 11) is 0. The summed E-state index contributed by atoms with van der Waals surface area (Å²) >= 11 is 6.05. The molecule has 0 spiro atoms. The number of hydrogen-bond acceptors (Lipinski definition) is 2. The molecule has 118 valence electrons. The van der Waals surface area contributed by atoms with Crippen molar-refractivity contribution in [2.75, 3.05) is 19.6 Å². The number of nitrogens with zero attached hydrogens (tertiary/aromatic N) is 1. The van der Waals surface area contributed by atoms with Crippen molar-refractivity contribution in [3.05, 3.63) is 34.9 Å². The van der Waals surface area contributed by atoms with Gasteiger partial charge in [0.05, 0.1) is 6.04 Å². The highest BCUT2D eigenvalue weighted by atomic mass is 35.5. The van der Waals surface area contributed by atoms with Gasteiger partial charge in [0.15, 0.2) is 0 Å². The molecule has 0 aromatic heterocycles. The van der Waals surface area contributed by atoms with E-state index in [1.54, 1.807) is 0 Å². The summed E-state index contributed by atoms with van der Waals surface area (Å²) < 4.78 is 0. The Morgan fingerprint density at radius 1 is 1.14 bits per heavy atom. The molecule has 3 heteroatoms. The molecule has 1 N–H and O–H groups in total. The second kappa shape index (κ2) is 7.62. The second-order valence-electron chi connectivity index (χ2n) is 6.64. The largest absolute Gasteiger partial charge is 0.308 e. The van der Waals surface area contributed by atoms with E-state index in [-0.39, 0.29) is 5.54 Å². The molecule has 2 nitrogen and oxygen atoms in total. The lowest BCUT2D eigenvalue weighted by Crippen LogP contribution is -2.54. The molecule has 21 heavy (non-hydrogen) atoms. The third-order valence-corrected chi connectivity index (χ3v) is 4.93. The average Bonchev–Trinajstić information content (AvgIpc) is 2.50. The molecule has 0 aliphatic carbocycles. The molecule has 1 heterocycles. The van der Waals surface area contributed by atoms with E-state index in [0.717, 1.165) is 18.0 Å². The fourth-order valence-electron chi connectivity index (χ4n) is 3.37. The Morgan fingerprint density at radius 3 is 2.33 bits per heavy atom. The third kappa shape index (κ3) is 4.21. The van der Waals surface area contributed by atoms with Crippen molar-refractivity contribution in [2.24, 2.45) is 0 Å². The Bertz CT molecular complexity index is 421. The predicted octanol–water partition coefficient (Wildman–Crippen LogP) is 4.65. The summed E-state index contributed by atoms with van der Waals surface area (Å²) in [5.74, 6) is 0. The van der Waals surface area contributed by atoms with Crippen molar-refractivity contribution < 1.29 is 0 Å². The van der Waals surface area contributed by atoms with E-state index in [0.29, 0.717) is 6.04 Å². The summed E-state index contributed by atoms with van der Waals surface area (Å²) in [6, 6.07) is 8.68. The van der Waals surface area contributed by atoms with Crippen molar-refractivity contribution >= 4 is 11.6 Å². The molecular weight excluding hydrogens is 280 g/mol. The monoisotopic (exact) mass is 308 g/mol. The fraction of sp³-hybridized carbons (Fsp3) is 0.667. The normalized spacial score (nSPS) is 18.7. The van der Waals surface area contributed by atoms with E-state index >= 15 is 0 Å². The highest BCUT2D eigenvalue weighted by Gasteiger charge is 2.36. The molecular formula is C18H29ClN2. The molecule has 1 aliphatic rings. The molecule has 1 aliphatic heterocycles. The van der Waals surface area contributed by atoms with Gasteiger partial charge in [-0.25, -0.2) is 0 Å². The molecule has 1 aromatic rings. The first-order chi connectivity index (χ1) is 10.1. The molecule has 1 atom stereocenters. The Kier molecular flexibility index (Phi) is 6.09. The number of benzene rings is 1. The van der Waals surface area contributed by atoms with Crippen LogP contribution in [0.25, 0.3) is 0 Å². The standard InChI is InChI=1S/C18H29ClN2/c1-4-12-20-17(15-8-10-16(19)11-9-15)18(2,3)21-13-6-5-7-14-21/h8-11,17,20H,4-7,12-14H2,1-3H3. The number of hydrogen-bond donors (Lipinski definition) is 1. The third-order valence-electron chi connectivity index (χ3n) is 4.68. The van der Waals surface area contributed by atoms with E-state index < -0.39 is 0 Å². The molecule has 2 rings (SSSR count). The molecule has 1 unspecified atom stereocenters. The first-order valence-electron chi connectivity index (χ1n) is 8.29. The highest BCUT2D eigenvalue weighted by Crippen LogP contribution is 2.33. The van der Waals surface area contributed by atoms with Gasteiger partial charge in [0.25, 0.3) is 0 Å². The van der Waals surface area contributed by atoms with E-state index in [1.807, 2.05) is 12.1 Å². The number of rotatable bonds is 6. The number of nitrogens with one attached hydrogen (secondary N) is 1. The summed E-state index contributed by atoms with van der Waals surface area (Å²) in [6.07, 6.45) is 5.18. The summed E-state index contributed by atoms with van der Waals surface area (Å²) in [6.45, 7) is 10.4. The van der Waals surface area contributed by atoms with Crippen LogP contribution in [-0.4, -0.2) is 30.1 Å². The SMILES string of the molecule is CCCNC(c1ccc(Cl)cc1)C(C)(C)N1CCCCC1. The van der Waals surface area contributed by atoms with Gasteiger partial charge in [0.2, 0.25) is 0 Å². The maximum atomic E-state index is 6.05. The zero-order valence-electron chi connectivity index (χ0n) is 13.7. The molecule has 0 radical (unpaired) electrons. The van der Waals surface area contributed by atoms with Crippen LogP contribution in [0.2, 0.25) is 5.02 Å². The van der Waals surface area contributed by atoms with Crippen LogP contribution in [0.3, 0.4) is 0 Å². The van der Waals surface area contributed by atoms with Gasteiger partial charge in [-0.2, -0.15) is 0 Å². The number of piperidine rings is 1. The van der Waals surface area contributed by atoms with Crippen molar-refractivity contribution in [1.29, 1.82) is 0 Å². The first-order valence-corrected chi connectivity index (χ1v) is 8.67. The molecule has 0 saturated carbocycles. The van der Waals surface area contributed by atoms with E-state index in [1.165, 1.54) is 37.9 Å². The second-order valence-corrected chi connectivity index (χ2v) is 7.08. The maximum Gasteiger partial charge on any atom is 0.0501 e. The van der Waals surface area contributed by atoms with Gasteiger partial charge < -0.3 is 5.32 Å². The van der Waals surface area contributed by atoms with Crippen LogP contribution < -0.4 is 5.32 Å². The summed E-state index contributed by atoms with van der Waals surface area (Å²) in [4.78, 5) is 2.65. The number of halogens is 1. The fourth-order valence-corrected chi connectivity index (χ4v) is 3.50. The van der Waals surface area contributed by atoms with Crippen LogP contribution in [0, 0.1) is 0 Å². The van der Waals surface area contributed by atoms with Crippen molar-refractivity contribution in [1.82, 2.24) is 10.2 Å². The molecule has 1 saturated heterocycles. The van der Waals surface area contributed by atoms with Crippen LogP contribution in [0.5, 0.6) is 0 Å². The van der Waals surface area contributed by atoms with Gasteiger partial charge in [-0.1, -0.05) is 37.1 Å². The minimum absolute atomic E-state index is 0.115. The highest BCUT2D eigenvalue weighted by molar-refractivity contribution is 6.30. The minimum atomic E-state index is 0.115. The van der Waals surface area contributed by atoms with Gasteiger partial charge in [-0.15, -0.1) is 0 Å². The Balaban J connectivity index is 2.22. The van der Waals surface area contributed by atoms with Crippen molar-refractivity contribution in [3.63, 3.8) is 0 Å². The van der Waals surface area contributed by atoms with Gasteiger partial charge >= 0.3 is 0 Å². The molecule has 0 amide bonds. The van der Waals surface area contributed by atoms with Crippen molar-refractivity contribution in [3.8, 4) is 0 Å². The van der Waals surface area contributed by atoms with E-state index in [2.05, 4.69) is 43.1 Å².